The largest absolute Gasteiger partial charge is 0.397 e. The predicted molar refractivity (Wildman–Crippen MR) is 89.1 cm³/mol. The fourth-order valence-corrected chi connectivity index (χ4v) is 4.93. The van der Waals surface area contributed by atoms with Crippen molar-refractivity contribution < 1.29 is 4.79 Å². The number of nitrogens with two attached hydrogens (primary N) is 1. The molecule has 1 fully saturated rings. The van der Waals surface area contributed by atoms with E-state index in [2.05, 4.69) is 0 Å². The predicted octanol–water partition coefficient (Wildman–Crippen LogP) is 3.71. The van der Waals surface area contributed by atoms with Gasteiger partial charge < -0.3 is 10.6 Å². The third kappa shape index (κ3) is 2.38. The highest BCUT2D eigenvalue weighted by Gasteiger charge is 2.27. The number of nitrogen functional groups attached to an aromatic ring is 1. The van der Waals surface area contributed by atoms with Gasteiger partial charge in [0.2, 0.25) is 0 Å². The molecule has 2 N–H and O–H groups in total. The number of rotatable bonds is 2. The second-order valence-electron chi connectivity index (χ2n) is 4.92. The molecule has 1 aromatic heterocycles. The molecule has 1 amide bonds. The number of amides is 1. The molecule has 1 aromatic carbocycles. The van der Waals surface area contributed by atoms with E-state index >= 15 is 0 Å². The molecule has 20 heavy (non-hydrogen) atoms. The Morgan fingerprint density at radius 1 is 1.50 bits per heavy atom. The van der Waals surface area contributed by atoms with Gasteiger partial charge in [-0.25, -0.2) is 0 Å². The van der Waals surface area contributed by atoms with Gasteiger partial charge in [0, 0.05) is 34.0 Å². The molecule has 0 radical (unpaired) electrons. The van der Waals surface area contributed by atoms with Crippen LogP contribution in [0.4, 0.5) is 5.69 Å². The SMILES string of the molecule is CN(C(=O)c1sc2ccc(Cl)cc2c1N)C1CCSC1. The minimum Gasteiger partial charge on any atom is -0.397 e. The van der Waals surface area contributed by atoms with Crippen LogP contribution in [0.5, 0.6) is 0 Å². The Labute approximate surface area is 131 Å². The van der Waals surface area contributed by atoms with Crippen molar-refractivity contribution in [2.45, 2.75) is 12.5 Å². The lowest BCUT2D eigenvalue weighted by Gasteiger charge is -2.23. The highest BCUT2D eigenvalue weighted by molar-refractivity contribution is 7.99. The summed E-state index contributed by atoms with van der Waals surface area (Å²) in [5, 5.41) is 1.52. The minimum atomic E-state index is 0.0207. The average molecular weight is 327 g/mol. The van der Waals surface area contributed by atoms with E-state index in [-0.39, 0.29) is 5.91 Å². The molecule has 1 aliphatic heterocycles. The van der Waals surface area contributed by atoms with Crippen LogP contribution in [0.3, 0.4) is 0 Å². The van der Waals surface area contributed by atoms with Gasteiger partial charge in [-0.3, -0.25) is 4.79 Å². The van der Waals surface area contributed by atoms with Crippen molar-refractivity contribution in [3.8, 4) is 0 Å². The van der Waals surface area contributed by atoms with Crippen LogP contribution in [0.1, 0.15) is 16.1 Å². The molecule has 0 bridgehead atoms. The van der Waals surface area contributed by atoms with Gasteiger partial charge in [-0.1, -0.05) is 11.6 Å². The van der Waals surface area contributed by atoms with Gasteiger partial charge >= 0.3 is 0 Å². The molecule has 3 rings (SSSR count). The summed E-state index contributed by atoms with van der Waals surface area (Å²) in [7, 11) is 1.87. The van der Waals surface area contributed by atoms with Gasteiger partial charge in [0.05, 0.1) is 5.69 Å². The van der Waals surface area contributed by atoms with E-state index in [9.17, 15) is 4.79 Å². The molecule has 0 aliphatic carbocycles. The van der Waals surface area contributed by atoms with Gasteiger partial charge in [-0.15, -0.1) is 11.3 Å². The molecule has 1 unspecified atom stereocenters. The summed E-state index contributed by atoms with van der Waals surface area (Å²) in [6.45, 7) is 0. The first-order valence-corrected chi connectivity index (χ1v) is 8.75. The summed E-state index contributed by atoms with van der Waals surface area (Å²) in [5.41, 5.74) is 6.70. The highest BCUT2D eigenvalue weighted by Crippen LogP contribution is 2.36. The molecule has 6 heteroatoms. The molecular formula is C14H15ClN2OS2. The van der Waals surface area contributed by atoms with E-state index in [0.29, 0.717) is 21.6 Å². The van der Waals surface area contributed by atoms with Crippen LogP contribution >= 0.6 is 34.7 Å². The second-order valence-corrected chi connectivity index (χ2v) is 7.56. The fraction of sp³-hybridized carbons (Fsp3) is 0.357. The molecule has 0 spiro atoms. The van der Waals surface area contributed by atoms with Gasteiger partial charge in [-0.05, 0) is 30.4 Å². The van der Waals surface area contributed by atoms with E-state index in [1.165, 1.54) is 11.3 Å². The second kappa shape index (κ2) is 5.47. The van der Waals surface area contributed by atoms with Crippen LogP contribution in [0.25, 0.3) is 10.1 Å². The van der Waals surface area contributed by atoms with Crippen LogP contribution in [0.2, 0.25) is 5.02 Å². The molecule has 1 saturated heterocycles. The number of fused-ring (bicyclic) bond motifs is 1. The van der Waals surface area contributed by atoms with Gasteiger partial charge in [0.25, 0.3) is 5.91 Å². The topological polar surface area (TPSA) is 46.3 Å². The Morgan fingerprint density at radius 3 is 3.00 bits per heavy atom. The first-order valence-electron chi connectivity index (χ1n) is 6.40. The number of nitrogens with zero attached hydrogens (tertiary/aromatic N) is 1. The summed E-state index contributed by atoms with van der Waals surface area (Å²) in [6, 6.07) is 5.89. The summed E-state index contributed by atoms with van der Waals surface area (Å²) in [4.78, 5) is 15.1. The smallest absolute Gasteiger partial charge is 0.266 e. The van der Waals surface area contributed by atoms with Crippen LogP contribution in [0.15, 0.2) is 18.2 Å². The molecule has 106 valence electrons. The number of anilines is 1. The molecule has 1 aliphatic rings. The Bertz CT molecular complexity index is 664. The molecular weight excluding hydrogens is 312 g/mol. The number of halogens is 1. The van der Waals surface area contributed by atoms with Gasteiger partial charge in [0.1, 0.15) is 4.88 Å². The Morgan fingerprint density at radius 2 is 2.30 bits per heavy atom. The molecule has 2 heterocycles. The average Bonchev–Trinajstić information content (AvgIpc) is 3.06. The zero-order valence-electron chi connectivity index (χ0n) is 11.1. The number of thiophene rings is 1. The van der Waals surface area contributed by atoms with Crippen molar-refractivity contribution in [3.05, 3.63) is 28.1 Å². The van der Waals surface area contributed by atoms with E-state index < -0.39 is 0 Å². The maximum Gasteiger partial charge on any atom is 0.266 e. The highest BCUT2D eigenvalue weighted by atomic mass is 35.5. The van der Waals surface area contributed by atoms with Crippen LogP contribution in [0, 0.1) is 0 Å². The lowest BCUT2D eigenvalue weighted by atomic mass is 10.2. The lowest BCUT2D eigenvalue weighted by molar-refractivity contribution is 0.0754. The third-order valence-corrected chi connectivity index (χ3v) is 6.21. The number of thioether (sulfide) groups is 1. The molecule has 0 saturated carbocycles. The van der Waals surface area contributed by atoms with Gasteiger partial charge in [0.15, 0.2) is 0 Å². The summed E-state index contributed by atoms with van der Waals surface area (Å²) >= 11 is 9.34. The number of hydrogen-bond acceptors (Lipinski definition) is 4. The number of benzene rings is 1. The summed E-state index contributed by atoms with van der Waals surface area (Å²) in [5.74, 6) is 2.16. The van der Waals surface area contributed by atoms with Crippen LogP contribution in [-0.4, -0.2) is 35.4 Å². The maximum absolute atomic E-state index is 12.6. The van der Waals surface area contributed by atoms with Gasteiger partial charge in [-0.2, -0.15) is 11.8 Å². The van der Waals surface area contributed by atoms with E-state index in [4.69, 9.17) is 17.3 Å². The minimum absolute atomic E-state index is 0.0207. The first kappa shape index (κ1) is 14.0. The number of hydrogen-bond donors (Lipinski definition) is 1. The van der Waals surface area contributed by atoms with Crippen molar-refractivity contribution in [2.24, 2.45) is 0 Å². The monoisotopic (exact) mass is 326 g/mol. The Kier molecular flexibility index (Phi) is 3.84. The van der Waals surface area contributed by atoms with Crippen molar-refractivity contribution >= 4 is 56.4 Å². The van der Waals surface area contributed by atoms with Crippen molar-refractivity contribution in [2.75, 3.05) is 24.3 Å². The third-order valence-electron chi connectivity index (χ3n) is 3.66. The Balaban J connectivity index is 1.96. The van der Waals surface area contributed by atoms with E-state index in [0.717, 1.165) is 28.0 Å². The zero-order chi connectivity index (χ0) is 14.3. The lowest BCUT2D eigenvalue weighted by Crippen LogP contribution is -2.36. The number of carbonyl (C=O) groups is 1. The normalized spacial score (nSPS) is 18.6. The standard InChI is InChI=1S/C14H15ClN2OS2/c1-17(9-4-5-19-7-9)14(18)13-12(16)10-6-8(15)2-3-11(10)20-13/h2-3,6,9H,4-5,7,16H2,1H3. The summed E-state index contributed by atoms with van der Waals surface area (Å²) < 4.78 is 1.00. The van der Waals surface area contributed by atoms with Crippen LogP contribution in [-0.2, 0) is 0 Å². The summed E-state index contributed by atoms with van der Waals surface area (Å²) in [6.07, 6.45) is 1.06. The Hall–Kier alpha value is -0.910. The fourth-order valence-electron chi connectivity index (χ4n) is 2.40. The molecule has 1 atom stereocenters. The zero-order valence-corrected chi connectivity index (χ0v) is 13.4. The molecule has 2 aromatic rings. The maximum atomic E-state index is 12.6. The number of carbonyl (C=O) groups excluding carboxylic acids is 1. The van der Waals surface area contributed by atoms with Crippen molar-refractivity contribution in [1.29, 1.82) is 0 Å². The first-order chi connectivity index (χ1) is 9.58. The van der Waals surface area contributed by atoms with Crippen molar-refractivity contribution in [1.82, 2.24) is 4.90 Å². The van der Waals surface area contributed by atoms with E-state index in [1.807, 2.05) is 41.9 Å². The molecule has 3 nitrogen and oxygen atoms in total. The van der Waals surface area contributed by atoms with Crippen molar-refractivity contribution in [3.63, 3.8) is 0 Å². The quantitative estimate of drug-likeness (QED) is 0.915. The van der Waals surface area contributed by atoms with Crippen LogP contribution < -0.4 is 5.73 Å². The van der Waals surface area contributed by atoms with E-state index in [1.54, 1.807) is 0 Å².